The molecule has 3 aliphatic rings. The van der Waals surface area contributed by atoms with Crippen LogP contribution in [-0.4, -0.2) is 60.5 Å². The highest BCUT2D eigenvalue weighted by Gasteiger charge is 2.45. The van der Waals surface area contributed by atoms with Gasteiger partial charge in [-0.3, -0.25) is 9.69 Å². The Morgan fingerprint density at radius 1 is 1.06 bits per heavy atom. The van der Waals surface area contributed by atoms with Crippen LogP contribution in [0.2, 0.25) is 0 Å². The van der Waals surface area contributed by atoms with Crippen molar-refractivity contribution in [2.45, 2.75) is 70.6 Å². The molecule has 1 saturated heterocycles. The van der Waals surface area contributed by atoms with Crippen LogP contribution in [0.3, 0.4) is 0 Å². The second kappa shape index (κ2) is 8.71. The summed E-state index contributed by atoms with van der Waals surface area (Å²) < 4.78 is 13.4. The van der Waals surface area contributed by atoms with Crippen LogP contribution in [0, 0.1) is 5.92 Å². The Balaban J connectivity index is 1.28. The minimum atomic E-state index is -0.951. The molecule has 3 aromatic rings. The summed E-state index contributed by atoms with van der Waals surface area (Å²) >= 11 is 0. The van der Waals surface area contributed by atoms with E-state index in [9.17, 15) is 4.79 Å². The molecule has 11 nitrogen and oxygen atoms in total. The van der Waals surface area contributed by atoms with Gasteiger partial charge in [-0.05, 0) is 45.4 Å². The summed E-state index contributed by atoms with van der Waals surface area (Å²) in [5.74, 6) is 2.33. The zero-order valence-electron chi connectivity index (χ0n) is 20.1. The fourth-order valence-corrected chi connectivity index (χ4v) is 5.20. The van der Waals surface area contributed by atoms with E-state index in [1.807, 2.05) is 9.58 Å². The number of carbonyl (C=O) groups is 1. The van der Waals surface area contributed by atoms with Gasteiger partial charge in [0.05, 0.1) is 18.6 Å². The van der Waals surface area contributed by atoms with E-state index in [0.29, 0.717) is 34.9 Å². The van der Waals surface area contributed by atoms with Gasteiger partial charge in [-0.15, -0.1) is 0 Å². The molecule has 6 rings (SSSR count). The molecule has 0 aromatic carbocycles. The largest absolute Gasteiger partial charge is 0.472 e. The van der Waals surface area contributed by atoms with Crippen molar-refractivity contribution >= 4 is 34.7 Å². The number of fused-ring (bicyclic) bond motifs is 2. The maximum Gasteiger partial charge on any atom is 0.272 e. The number of hydrogen-bond donors (Lipinski definition) is 1. The lowest BCUT2D eigenvalue weighted by atomic mass is 10.0. The molecular weight excluding hydrogens is 448 g/mol. The Kier molecular flexibility index (Phi) is 5.51. The van der Waals surface area contributed by atoms with Crippen LogP contribution < -0.4 is 15.0 Å². The molecule has 11 heteroatoms. The predicted octanol–water partition coefficient (Wildman–Crippen LogP) is 3.23. The second-order valence-corrected chi connectivity index (χ2v) is 10.1. The van der Waals surface area contributed by atoms with Gasteiger partial charge in [-0.2, -0.15) is 10.1 Å². The molecule has 1 amide bonds. The third-order valence-electron chi connectivity index (χ3n) is 7.11. The van der Waals surface area contributed by atoms with Gasteiger partial charge in [0.15, 0.2) is 28.6 Å². The molecule has 1 N–H and O–H groups in total. The first kappa shape index (κ1) is 22.1. The van der Waals surface area contributed by atoms with Crippen molar-refractivity contribution in [1.29, 1.82) is 0 Å². The standard InChI is InChI=1S/C24H30N8O3/c1-24(2)22(33)32(16-5-3-4-6-16)21-18(35-24)12-26-23(30-21)29-19-13-25-17-11-27-31(20(17)28-19)14-15-7-9-34-10-8-15/h11-13,15-16H,3-10,14H2,1-2H3,(H,26,28,29,30). The van der Waals surface area contributed by atoms with Gasteiger partial charge in [0.2, 0.25) is 5.95 Å². The molecule has 2 fully saturated rings. The number of amides is 1. The van der Waals surface area contributed by atoms with E-state index < -0.39 is 5.60 Å². The van der Waals surface area contributed by atoms with Crippen molar-refractivity contribution in [2.75, 3.05) is 23.4 Å². The van der Waals surface area contributed by atoms with Gasteiger partial charge in [0, 0.05) is 25.8 Å². The minimum absolute atomic E-state index is 0.0697. The second-order valence-electron chi connectivity index (χ2n) is 10.1. The van der Waals surface area contributed by atoms with Crippen molar-refractivity contribution in [3.8, 4) is 5.75 Å². The topological polar surface area (TPSA) is 120 Å². The maximum atomic E-state index is 13.3. The summed E-state index contributed by atoms with van der Waals surface area (Å²) in [6.07, 6.45) is 11.2. The molecule has 0 bridgehead atoms. The third-order valence-corrected chi connectivity index (χ3v) is 7.11. The summed E-state index contributed by atoms with van der Waals surface area (Å²) in [6, 6.07) is 0.128. The molecule has 2 aliphatic heterocycles. The number of rotatable bonds is 5. The summed E-state index contributed by atoms with van der Waals surface area (Å²) in [6.45, 7) is 5.95. The van der Waals surface area contributed by atoms with E-state index in [2.05, 4.69) is 25.4 Å². The lowest BCUT2D eigenvalue weighted by molar-refractivity contribution is -0.133. The number of nitrogens with one attached hydrogen (secondary N) is 1. The average molecular weight is 479 g/mol. The molecule has 0 radical (unpaired) electrons. The highest BCUT2D eigenvalue weighted by atomic mass is 16.5. The Labute approximate surface area is 203 Å². The van der Waals surface area contributed by atoms with Crippen LogP contribution in [0.4, 0.5) is 17.6 Å². The van der Waals surface area contributed by atoms with Crippen LogP contribution in [0.25, 0.3) is 11.2 Å². The van der Waals surface area contributed by atoms with Crippen LogP contribution >= 0.6 is 0 Å². The Morgan fingerprint density at radius 2 is 1.86 bits per heavy atom. The number of ether oxygens (including phenoxy) is 2. The van der Waals surface area contributed by atoms with Gasteiger partial charge < -0.3 is 14.8 Å². The molecule has 35 heavy (non-hydrogen) atoms. The van der Waals surface area contributed by atoms with Crippen molar-refractivity contribution in [1.82, 2.24) is 29.7 Å². The fraction of sp³-hybridized carbons (Fsp3) is 0.583. The lowest BCUT2D eigenvalue weighted by Crippen LogP contribution is -2.55. The smallest absolute Gasteiger partial charge is 0.272 e. The fourth-order valence-electron chi connectivity index (χ4n) is 5.20. The van der Waals surface area contributed by atoms with Gasteiger partial charge >= 0.3 is 0 Å². The molecule has 0 atom stereocenters. The van der Waals surface area contributed by atoms with E-state index in [0.717, 1.165) is 63.8 Å². The number of aromatic nitrogens is 6. The minimum Gasteiger partial charge on any atom is -0.472 e. The molecule has 1 saturated carbocycles. The summed E-state index contributed by atoms with van der Waals surface area (Å²) in [5.41, 5.74) is 0.502. The molecule has 0 unspecified atom stereocenters. The van der Waals surface area contributed by atoms with E-state index in [-0.39, 0.29) is 11.9 Å². The highest BCUT2D eigenvalue weighted by Crippen LogP contribution is 2.40. The van der Waals surface area contributed by atoms with Gasteiger partial charge in [0.1, 0.15) is 5.52 Å². The van der Waals surface area contributed by atoms with Crippen LogP contribution in [0.15, 0.2) is 18.6 Å². The number of anilines is 3. The zero-order valence-corrected chi connectivity index (χ0v) is 20.1. The van der Waals surface area contributed by atoms with E-state index >= 15 is 0 Å². The average Bonchev–Trinajstić information content (AvgIpc) is 3.51. The normalized spacial score (nSPS) is 20.7. The van der Waals surface area contributed by atoms with Crippen LogP contribution in [0.1, 0.15) is 52.4 Å². The Morgan fingerprint density at radius 3 is 2.66 bits per heavy atom. The molecular formula is C24H30N8O3. The summed E-state index contributed by atoms with van der Waals surface area (Å²) in [4.78, 5) is 33.5. The van der Waals surface area contributed by atoms with E-state index in [4.69, 9.17) is 14.5 Å². The molecule has 5 heterocycles. The van der Waals surface area contributed by atoms with Crippen molar-refractivity contribution in [3.63, 3.8) is 0 Å². The summed E-state index contributed by atoms with van der Waals surface area (Å²) in [7, 11) is 0. The molecule has 0 spiro atoms. The predicted molar refractivity (Wildman–Crippen MR) is 129 cm³/mol. The van der Waals surface area contributed by atoms with Gasteiger partial charge in [-0.25, -0.2) is 19.6 Å². The quantitative estimate of drug-likeness (QED) is 0.589. The lowest BCUT2D eigenvalue weighted by Gasteiger charge is -2.40. The van der Waals surface area contributed by atoms with E-state index in [1.165, 1.54) is 0 Å². The first-order chi connectivity index (χ1) is 17.0. The zero-order chi connectivity index (χ0) is 24.0. The highest BCUT2D eigenvalue weighted by molar-refractivity contribution is 6.02. The first-order valence-electron chi connectivity index (χ1n) is 12.4. The van der Waals surface area contributed by atoms with Crippen molar-refractivity contribution in [3.05, 3.63) is 18.6 Å². The monoisotopic (exact) mass is 478 g/mol. The van der Waals surface area contributed by atoms with Crippen LogP contribution in [0.5, 0.6) is 5.75 Å². The third kappa shape index (κ3) is 4.18. The number of nitrogens with zero attached hydrogens (tertiary/aromatic N) is 7. The van der Waals surface area contributed by atoms with Gasteiger partial charge in [-0.1, -0.05) is 12.8 Å². The molecule has 184 valence electrons. The number of carbonyl (C=O) groups excluding carboxylic acids is 1. The number of hydrogen-bond acceptors (Lipinski definition) is 9. The van der Waals surface area contributed by atoms with Gasteiger partial charge in [0.25, 0.3) is 5.91 Å². The van der Waals surface area contributed by atoms with Crippen molar-refractivity contribution < 1.29 is 14.3 Å². The molecule has 1 aliphatic carbocycles. The van der Waals surface area contributed by atoms with Crippen molar-refractivity contribution in [2.24, 2.45) is 5.92 Å². The Bertz CT molecular complexity index is 1250. The first-order valence-corrected chi connectivity index (χ1v) is 12.4. The maximum absolute atomic E-state index is 13.3. The van der Waals surface area contributed by atoms with Crippen LogP contribution in [-0.2, 0) is 16.1 Å². The SMILES string of the molecule is CC1(C)Oc2cnc(Nc3cnc4cnn(CC5CCOCC5)c4n3)nc2N(C2CCCC2)C1=O. The Hall–Kier alpha value is -3.34. The molecule has 3 aromatic heterocycles. The summed E-state index contributed by atoms with van der Waals surface area (Å²) in [5, 5.41) is 7.67. The van der Waals surface area contributed by atoms with E-state index in [1.54, 1.807) is 32.4 Å².